The zero-order valence-electron chi connectivity index (χ0n) is 11.7. The Bertz CT molecular complexity index is 759. The van der Waals surface area contributed by atoms with Crippen molar-refractivity contribution in [2.45, 2.75) is 24.3 Å². The van der Waals surface area contributed by atoms with Crippen molar-refractivity contribution in [3.05, 3.63) is 53.6 Å². The number of fused-ring (bicyclic) bond motifs is 1. The minimum absolute atomic E-state index is 0.0606. The predicted molar refractivity (Wildman–Crippen MR) is 82.2 cm³/mol. The summed E-state index contributed by atoms with van der Waals surface area (Å²) in [5, 5.41) is 0. The van der Waals surface area contributed by atoms with E-state index in [1.54, 1.807) is 18.2 Å². The van der Waals surface area contributed by atoms with Crippen molar-refractivity contribution >= 4 is 15.5 Å². The van der Waals surface area contributed by atoms with E-state index < -0.39 is 9.84 Å². The zero-order chi connectivity index (χ0) is 15.0. The molecule has 0 spiro atoms. The Labute approximate surface area is 124 Å². The Hall–Kier alpha value is -2.01. The summed E-state index contributed by atoms with van der Waals surface area (Å²) in [4.78, 5) is 0.188. The second-order valence-electron chi connectivity index (χ2n) is 5.37. The molecular weight excluding hydrogens is 286 g/mol. The molecule has 0 saturated heterocycles. The number of hydrogen-bond acceptors (Lipinski definition) is 4. The average Bonchev–Trinajstić information content (AvgIpc) is 2.79. The highest BCUT2D eigenvalue weighted by atomic mass is 32.2. The molecule has 1 aliphatic rings. The number of para-hydroxylation sites is 1. The quantitative estimate of drug-likeness (QED) is 0.884. The lowest BCUT2D eigenvalue weighted by atomic mass is 10.1. The second kappa shape index (κ2) is 5.07. The van der Waals surface area contributed by atoms with Crippen molar-refractivity contribution in [3.63, 3.8) is 0 Å². The third kappa shape index (κ3) is 2.74. The van der Waals surface area contributed by atoms with Crippen molar-refractivity contribution in [1.29, 1.82) is 0 Å². The number of ether oxygens (including phenoxy) is 1. The molecule has 2 aromatic carbocycles. The van der Waals surface area contributed by atoms with Crippen LogP contribution in [0.15, 0.2) is 47.4 Å². The molecule has 0 radical (unpaired) electrons. The van der Waals surface area contributed by atoms with Crippen LogP contribution in [0.25, 0.3) is 0 Å². The van der Waals surface area contributed by atoms with Gasteiger partial charge in [0.15, 0.2) is 9.84 Å². The van der Waals surface area contributed by atoms with E-state index in [4.69, 9.17) is 10.5 Å². The summed E-state index contributed by atoms with van der Waals surface area (Å²) < 4.78 is 30.7. The van der Waals surface area contributed by atoms with E-state index in [1.165, 1.54) is 0 Å². The molecule has 2 aromatic rings. The lowest BCUT2D eigenvalue weighted by Gasteiger charge is -2.13. The van der Waals surface area contributed by atoms with Crippen LogP contribution in [0.1, 0.15) is 11.1 Å². The lowest BCUT2D eigenvalue weighted by molar-refractivity contribution is 0.256. The molecule has 1 aliphatic heterocycles. The van der Waals surface area contributed by atoms with Gasteiger partial charge in [0.1, 0.15) is 11.9 Å². The van der Waals surface area contributed by atoms with Crippen molar-refractivity contribution in [3.8, 4) is 5.75 Å². The fourth-order valence-corrected chi connectivity index (χ4v) is 4.18. The molecule has 2 N–H and O–H groups in total. The zero-order valence-corrected chi connectivity index (χ0v) is 12.6. The molecule has 0 aliphatic carbocycles. The minimum atomic E-state index is -3.46. The minimum Gasteiger partial charge on any atom is -0.489 e. The lowest BCUT2D eigenvalue weighted by Crippen LogP contribution is -2.25. The van der Waals surface area contributed by atoms with Crippen LogP contribution in [0, 0.1) is 6.92 Å². The maximum Gasteiger partial charge on any atom is 0.184 e. The number of nitrogens with two attached hydrogens (primary N) is 1. The first-order valence-electron chi connectivity index (χ1n) is 6.79. The monoisotopic (exact) mass is 303 g/mol. The molecule has 0 aromatic heterocycles. The first-order valence-corrected chi connectivity index (χ1v) is 8.44. The molecule has 1 heterocycles. The van der Waals surface area contributed by atoms with E-state index in [0.29, 0.717) is 12.1 Å². The predicted octanol–water partition coefficient (Wildman–Crippen LogP) is 2.35. The van der Waals surface area contributed by atoms with Gasteiger partial charge < -0.3 is 10.5 Å². The van der Waals surface area contributed by atoms with Crippen LogP contribution < -0.4 is 10.5 Å². The van der Waals surface area contributed by atoms with Crippen molar-refractivity contribution in [1.82, 2.24) is 0 Å². The number of hydrogen-bond donors (Lipinski definition) is 1. The Morgan fingerprint density at radius 1 is 1.24 bits per heavy atom. The number of sulfone groups is 1. The van der Waals surface area contributed by atoms with Crippen molar-refractivity contribution in [2.24, 2.45) is 0 Å². The third-order valence-corrected chi connectivity index (χ3v) is 5.47. The molecule has 3 rings (SSSR count). The van der Waals surface area contributed by atoms with E-state index >= 15 is 0 Å². The molecular formula is C16H17NO3S. The summed E-state index contributed by atoms with van der Waals surface area (Å²) in [6, 6.07) is 12.6. The summed E-state index contributed by atoms with van der Waals surface area (Å²) >= 11 is 0. The Kier molecular flexibility index (Phi) is 3.37. The maximum atomic E-state index is 12.5. The van der Waals surface area contributed by atoms with Crippen LogP contribution in [0.3, 0.4) is 0 Å². The molecule has 21 heavy (non-hydrogen) atoms. The summed E-state index contributed by atoms with van der Waals surface area (Å²) in [7, 11) is -3.46. The molecule has 5 heteroatoms. The topological polar surface area (TPSA) is 69.4 Å². The first kappa shape index (κ1) is 13.9. The van der Waals surface area contributed by atoms with E-state index in [9.17, 15) is 8.42 Å². The normalized spacial score (nSPS) is 17.3. The van der Waals surface area contributed by atoms with Gasteiger partial charge in [0, 0.05) is 6.42 Å². The third-order valence-electron chi connectivity index (χ3n) is 3.62. The highest BCUT2D eigenvalue weighted by Gasteiger charge is 2.29. The van der Waals surface area contributed by atoms with E-state index in [-0.39, 0.29) is 16.8 Å². The number of benzene rings is 2. The molecule has 1 unspecified atom stereocenters. The van der Waals surface area contributed by atoms with E-state index in [2.05, 4.69) is 0 Å². The molecule has 0 amide bonds. The van der Waals surface area contributed by atoms with Crippen LogP contribution in [-0.2, 0) is 16.3 Å². The average molecular weight is 303 g/mol. The first-order chi connectivity index (χ1) is 9.95. The van der Waals surface area contributed by atoms with E-state index in [0.717, 1.165) is 16.9 Å². The summed E-state index contributed by atoms with van der Waals surface area (Å²) in [5.41, 5.74) is 8.13. The summed E-state index contributed by atoms with van der Waals surface area (Å²) in [6.07, 6.45) is 0.259. The van der Waals surface area contributed by atoms with Gasteiger partial charge in [-0.15, -0.1) is 0 Å². The van der Waals surface area contributed by atoms with Crippen molar-refractivity contribution < 1.29 is 13.2 Å². The number of aryl methyl sites for hydroxylation is 1. The SMILES string of the molecule is Cc1ccc(S(=O)(=O)CC2Cc3ccccc3O2)c(N)c1. The van der Waals surface area contributed by atoms with Crippen LogP contribution in [0.2, 0.25) is 0 Å². The molecule has 0 fully saturated rings. The fourth-order valence-electron chi connectivity index (χ4n) is 2.63. The van der Waals surface area contributed by atoms with Gasteiger partial charge in [-0.1, -0.05) is 24.3 Å². The Morgan fingerprint density at radius 2 is 2.00 bits per heavy atom. The molecule has 4 nitrogen and oxygen atoms in total. The van der Waals surface area contributed by atoms with Gasteiger partial charge in [0.25, 0.3) is 0 Å². The van der Waals surface area contributed by atoms with Gasteiger partial charge in [-0.3, -0.25) is 0 Å². The van der Waals surface area contributed by atoms with E-state index in [1.807, 2.05) is 31.2 Å². The highest BCUT2D eigenvalue weighted by molar-refractivity contribution is 7.91. The number of anilines is 1. The molecule has 0 saturated carbocycles. The van der Waals surface area contributed by atoms with Gasteiger partial charge in [-0.05, 0) is 36.2 Å². The van der Waals surface area contributed by atoms with Crippen LogP contribution in [-0.4, -0.2) is 20.3 Å². The summed E-state index contributed by atoms with van der Waals surface area (Å²) in [6.45, 7) is 1.88. The van der Waals surface area contributed by atoms with Crippen molar-refractivity contribution in [2.75, 3.05) is 11.5 Å². The highest BCUT2D eigenvalue weighted by Crippen LogP contribution is 2.30. The van der Waals surface area contributed by atoms with Gasteiger partial charge in [0.2, 0.25) is 0 Å². The van der Waals surface area contributed by atoms with Crippen LogP contribution in [0.5, 0.6) is 5.75 Å². The fraction of sp³-hybridized carbons (Fsp3) is 0.250. The van der Waals surface area contributed by atoms with Gasteiger partial charge >= 0.3 is 0 Å². The van der Waals surface area contributed by atoms with Gasteiger partial charge in [0.05, 0.1) is 16.3 Å². The standard InChI is InChI=1S/C16H17NO3S/c1-11-6-7-16(14(17)8-11)21(18,19)10-13-9-12-4-2-3-5-15(12)20-13/h2-8,13H,9-10,17H2,1H3. The smallest absolute Gasteiger partial charge is 0.184 e. The number of rotatable bonds is 3. The second-order valence-corrected chi connectivity index (χ2v) is 7.38. The summed E-state index contributed by atoms with van der Waals surface area (Å²) in [5.74, 6) is 0.712. The molecule has 0 bridgehead atoms. The van der Waals surface area contributed by atoms with Crippen LogP contribution >= 0.6 is 0 Å². The maximum absolute atomic E-state index is 12.5. The van der Waals surface area contributed by atoms with Crippen LogP contribution in [0.4, 0.5) is 5.69 Å². The Balaban J connectivity index is 1.82. The molecule has 110 valence electrons. The Morgan fingerprint density at radius 3 is 2.71 bits per heavy atom. The molecule has 1 atom stereocenters. The number of nitrogen functional groups attached to an aromatic ring is 1. The largest absolute Gasteiger partial charge is 0.489 e. The van der Waals surface area contributed by atoms with Gasteiger partial charge in [-0.2, -0.15) is 0 Å². The van der Waals surface area contributed by atoms with Gasteiger partial charge in [-0.25, -0.2) is 8.42 Å².